The quantitative estimate of drug-likeness (QED) is 0.303. The molecule has 0 spiro atoms. The number of amides is 3. The van der Waals surface area contributed by atoms with Crippen LogP contribution in [0.4, 0.5) is 15.8 Å². The molecule has 3 heterocycles. The van der Waals surface area contributed by atoms with E-state index in [0.29, 0.717) is 17.9 Å². The lowest BCUT2D eigenvalue weighted by atomic mass is 9.89. The average Bonchev–Trinajstić information content (AvgIpc) is 3.28. The van der Waals surface area contributed by atoms with Crippen molar-refractivity contribution in [3.63, 3.8) is 0 Å². The van der Waals surface area contributed by atoms with Crippen molar-refractivity contribution in [2.75, 3.05) is 22.9 Å². The van der Waals surface area contributed by atoms with E-state index in [9.17, 15) is 18.8 Å². The van der Waals surface area contributed by atoms with Gasteiger partial charge in [0.05, 0.1) is 5.69 Å². The zero-order valence-corrected chi connectivity index (χ0v) is 23.3. The van der Waals surface area contributed by atoms with Gasteiger partial charge in [-0.1, -0.05) is 42.5 Å². The lowest BCUT2D eigenvalue weighted by Crippen LogP contribution is -2.53. The predicted octanol–water partition coefficient (Wildman–Crippen LogP) is 5.79. The summed E-state index contributed by atoms with van der Waals surface area (Å²) in [6.07, 6.45) is 4.58. The fraction of sp³-hybridized carbons (Fsp3) is 0.286. The molecule has 0 saturated carbocycles. The van der Waals surface area contributed by atoms with Crippen molar-refractivity contribution in [1.82, 2.24) is 5.32 Å². The lowest BCUT2D eigenvalue weighted by Gasteiger charge is -2.33. The normalized spacial score (nSPS) is 19.1. The van der Waals surface area contributed by atoms with Crippen LogP contribution in [0.15, 0.2) is 78.9 Å². The summed E-state index contributed by atoms with van der Waals surface area (Å²) in [5, 5.41) is 4.29. The lowest BCUT2D eigenvalue weighted by molar-refractivity contribution is -0.134. The Morgan fingerprint density at radius 3 is 2.29 bits per heavy atom. The molecule has 2 fully saturated rings. The van der Waals surface area contributed by atoms with Gasteiger partial charge in [0.15, 0.2) is 0 Å². The number of nitrogens with zero attached hydrogens (tertiary/aromatic N) is 2. The molecule has 6 nitrogen and oxygen atoms in total. The van der Waals surface area contributed by atoms with Gasteiger partial charge < -0.3 is 4.90 Å². The van der Waals surface area contributed by atoms with E-state index >= 15 is 0 Å². The summed E-state index contributed by atoms with van der Waals surface area (Å²) in [4.78, 5) is 41.6. The van der Waals surface area contributed by atoms with E-state index in [1.165, 1.54) is 23.3 Å². The van der Waals surface area contributed by atoms with Crippen molar-refractivity contribution in [1.29, 1.82) is 0 Å². The number of benzene rings is 4. The van der Waals surface area contributed by atoms with Gasteiger partial charge in [0.2, 0.25) is 11.8 Å². The third-order valence-electron chi connectivity index (χ3n) is 9.09. The molecule has 1 atom stereocenters. The van der Waals surface area contributed by atoms with Gasteiger partial charge in [-0.25, -0.2) is 4.39 Å². The summed E-state index contributed by atoms with van der Waals surface area (Å²) in [6.45, 7) is 1.98. The van der Waals surface area contributed by atoms with Crippen molar-refractivity contribution >= 4 is 39.9 Å². The van der Waals surface area contributed by atoms with Gasteiger partial charge >= 0.3 is 0 Å². The first-order valence-corrected chi connectivity index (χ1v) is 14.7. The number of hydrogen-bond acceptors (Lipinski definition) is 4. The number of piperidine rings is 2. The van der Waals surface area contributed by atoms with Crippen LogP contribution < -0.4 is 15.1 Å². The zero-order valence-electron chi connectivity index (χ0n) is 23.3. The van der Waals surface area contributed by atoms with Crippen LogP contribution in [0.25, 0.3) is 10.8 Å². The minimum atomic E-state index is -0.681. The molecule has 0 radical (unpaired) electrons. The first-order valence-electron chi connectivity index (χ1n) is 14.7. The second-order valence-corrected chi connectivity index (χ2v) is 11.7. The molecule has 1 unspecified atom stereocenters. The molecular formula is C35H32FN3O3. The molecule has 3 aliphatic rings. The highest BCUT2D eigenvalue weighted by Crippen LogP contribution is 2.41. The fourth-order valence-corrected chi connectivity index (χ4v) is 6.85. The Hall–Kier alpha value is -4.52. The molecule has 0 aromatic heterocycles. The third-order valence-corrected chi connectivity index (χ3v) is 9.09. The molecule has 7 rings (SSSR count). The predicted molar refractivity (Wildman–Crippen MR) is 161 cm³/mol. The van der Waals surface area contributed by atoms with Crippen LogP contribution in [0.2, 0.25) is 0 Å². The van der Waals surface area contributed by atoms with E-state index < -0.39 is 11.9 Å². The first-order chi connectivity index (χ1) is 20.4. The monoisotopic (exact) mass is 561 g/mol. The first kappa shape index (κ1) is 26.4. The number of carbonyl (C=O) groups is 3. The van der Waals surface area contributed by atoms with Crippen molar-refractivity contribution in [2.45, 2.75) is 44.6 Å². The topological polar surface area (TPSA) is 69.7 Å². The van der Waals surface area contributed by atoms with Crippen LogP contribution in [0.3, 0.4) is 0 Å². The Balaban J connectivity index is 1.04. The van der Waals surface area contributed by atoms with Crippen LogP contribution in [-0.4, -0.2) is 36.9 Å². The van der Waals surface area contributed by atoms with Gasteiger partial charge in [-0.15, -0.1) is 0 Å². The molecule has 4 aromatic rings. The third kappa shape index (κ3) is 4.83. The molecule has 2 saturated heterocycles. The Bertz CT molecular complexity index is 1690. The van der Waals surface area contributed by atoms with Crippen molar-refractivity contribution in [3.8, 4) is 0 Å². The van der Waals surface area contributed by atoms with Crippen LogP contribution in [0, 0.1) is 11.7 Å². The van der Waals surface area contributed by atoms with Gasteiger partial charge in [-0.2, -0.15) is 0 Å². The smallest absolute Gasteiger partial charge is 0.259 e. The highest BCUT2D eigenvalue weighted by atomic mass is 19.1. The van der Waals surface area contributed by atoms with Crippen molar-refractivity contribution in [2.24, 2.45) is 5.92 Å². The number of imide groups is 1. The zero-order chi connectivity index (χ0) is 28.8. The van der Waals surface area contributed by atoms with Gasteiger partial charge in [0, 0.05) is 36.1 Å². The molecule has 212 valence electrons. The molecule has 1 N–H and O–H groups in total. The summed E-state index contributed by atoms with van der Waals surface area (Å²) in [7, 11) is 0. The van der Waals surface area contributed by atoms with Crippen LogP contribution >= 0.6 is 0 Å². The van der Waals surface area contributed by atoms with Crippen LogP contribution in [-0.2, 0) is 22.4 Å². The number of anilines is 2. The molecule has 3 aliphatic heterocycles. The summed E-state index contributed by atoms with van der Waals surface area (Å²) < 4.78 is 13.3. The van der Waals surface area contributed by atoms with Gasteiger partial charge in [0.1, 0.15) is 11.9 Å². The molecule has 42 heavy (non-hydrogen) atoms. The van der Waals surface area contributed by atoms with Crippen molar-refractivity contribution < 1.29 is 18.8 Å². The number of halogens is 1. The molecular weight excluding hydrogens is 529 g/mol. The van der Waals surface area contributed by atoms with E-state index in [-0.39, 0.29) is 24.1 Å². The molecule has 0 aliphatic carbocycles. The maximum absolute atomic E-state index is 13.4. The highest BCUT2D eigenvalue weighted by molar-refractivity contribution is 6.27. The van der Waals surface area contributed by atoms with E-state index in [0.717, 1.165) is 66.5 Å². The Labute approximate surface area is 244 Å². The highest BCUT2D eigenvalue weighted by Gasteiger charge is 2.40. The summed E-state index contributed by atoms with van der Waals surface area (Å²) in [5.41, 5.74) is 6.12. The Morgan fingerprint density at radius 2 is 1.55 bits per heavy atom. The molecule has 7 heteroatoms. The molecule has 4 aromatic carbocycles. The average molecular weight is 562 g/mol. The largest absolute Gasteiger partial charge is 0.372 e. The van der Waals surface area contributed by atoms with Gasteiger partial charge in [0.25, 0.3) is 5.91 Å². The van der Waals surface area contributed by atoms with Gasteiger partial charge in [-0.05, 0) is 96.5 Å². The minimum absolute atomic E-state index is 0.185. The SMILES string of the molecule is O=C1CCC(N2C(=O)c3cccc4c(Cc5ccc(CC6CCN(c7ccc(F)cc7)CC6)cc5)ccc2c34)C(=O)N1. The summed E-state index contributed by atoms with van der Waals surface area (Å²) >= 11 is 0. The van der Waals surface area contributed by atoms with E-state index in [2.05, 4.69) is 40.5 Å². The number of hydrogen-bond donors (Lipinski definition) is 1. The number of carbonyl (C=O) groups excluding carboxylic acids is 3. The number of nitrogens with one attached hydrogen (secondary N) is 1. The standard InChI is InChI=1S/C35H32FN3O3/c36-26-9-11-27(12-10-26)38-18-16-24(17-19-38)20-22-4-6-23(7-5-22)21-25-8-13-30-33-28(25)2-1-3-29(33)35(42)39(30)31-14-15-32(40)37-34(31)41/h1-13,24,31H,14-21H2,(H,37,40,41). The van der Waals surface area contributed by atoms with Gasteiger partial charge in [-0.3, -0.25) is 24.6 Å². The molecule has 3 amide bonds. The maximum atomic E-state index is 13.4. The maximum Gasteiger partial charge on any atom is 0.259 e. The fourth-order valence-electron chi connectivity index (χ4n) is 6.85. The summed E-state index contributed by atoms with van der Waals surface area (Å²) in [5.74, 6) is -0.455. The van der Waals surface area contributed by atoms with E-state index in [1.54, 1.807) is 4.90 Å². The molecule has 0 bridgehead atoms. The second kappa shape index (κ2) is 10.7. The van der Waals surface area contributed by atoms with Crippen LogP contribution in [0.1, 0.15) is 52.7 Å². The Kier molecular flexibility index (Phi) is 6.73. The number of rotatable bonds is 6. The Morgan fingerprint density at radius 1 is 0.810 bits per heavy atom. The van der Waals surface area contributed by atoms with E-state index in [4.69, 9.17) is 0 Å². The van der Waals surface area contributed by atoms with E-state index in [1.807, 2.05) is 36.4 Å². The van der Waals surface area contributed by atoms with Crippen LogP contribution in [0.5, 0.6) is 0 Å². The summed E-state index contributed by atoms with van der Waals surface area (Å²) in [6, 6.07) is 24.8. The van der Waals surface area contributed by atoms with Crippen molar-refractivity contribution in [3.05, 3.63) is 107 Å². The second-order valence-electron chi connectivity index (χ2n) is 11.7. The minimum Gasteiger partial charge on any atom is -0.372 e.